The highest BCUT2D eigenvalue weighted by Crippen LogP contribution is 2.18. The van der Waals surface area contributed by atoms with Gasteiger partial charge in [-0.2, -0.15) is 9.61 Å². The third kappa shape index (κ3) is 4.10. The normalized spacial score (nSPS) is 16.9. The maximum absolute atomic E-state index is 12.4. The van der Waals surface area contributed by atoms with Crippen LogP contribution in [0.4, 0.5) is 0 Å². The van der Waals surface area contributed by atoms with Crippen molar-refractivity contribution in [3.63, 3.8) is 0 Å². The van der Waals surface area contributed by atoms with E-state index in [1.165, 1.54) is 11.3 Å². The van der Waals surface area contributed by atoms with E-state index in [2.05, 4.69) is 41.0 Å². The zero-order chi connectivity index (χ0) is 17.3. The fourth-order valence-corrected chi connectivity index (χ4v) is 3.93. The second-order valence-electron chi connectivity index (χ2n) is 7.65. The van der Waals surface area contributed by atoms with Gasteiger partial charge in [-0.3, -0.25) is 9.69 Å². The number of rotatable bonds is 4. The van der Waals surface area contributed by atoms with E-state index < -0.39 is 0 Å². The molecule has 7 nitrogen and oxygen atoms in total. The highest BCUT2D eigenvalue weighted by molar-refractivity contribution is 7.16. The smallest absolute Gasteiger partial charge is 0.234 e. The number of nitrogens with zero attached hydrogens (tertiary/aromatic N) is 6. The van der Waals surface area contributed by atoms with Crippen molar-refractivity contribution in [3.8, 4) is 0 Å². The first kappa shape index (κ1) is 17.3. The van der Waals surface area contributed by atoms with Crippen LogP contribution in [-0.4, -0.2) is 68.2 Å². The summed E-state index contributed by atoms with van der Waals surface area (Å²) < 4.78 is 1.75. The summed E-state index contributed by atoms with van der Waals surface area (Å²) in [6.07, 6.45) is 1.19. The van der Waals surface area contributed by atoms with Crippen molar-refractivity contribution < 1.29 is 4.79 Å². The molecule has 3 rings (SSSR count). The SMILES string of the molecule is Cc1nnc2sc(CCC(=O)N3CCN(CC(C)(C)C)CC3)nn12. The van der Waals surface area contributed by atoms with Gasteiger partial charge in [-0.05, 0) is 12.3 Å². The average Bonchev–Trinajstić information content (AvgIpc) is 3.06. The molecule has 2 aromatic rings. The van der Waals surface area contributed by atoms with E-state index in [1.807, 2.05) is 11.8 Å². The van der Waals surface area contributed by atoms with Crippen LogP contribution in [0.5, 0.6) is 0 Å². The molecule has 0 aliphatic carbocycles. The monoisotopic (exact) mass is 350 g/mol. The van der Waals surface area contributed by atoms with Gasteiger partial charge in [-0.15, -0.1) is 10.2 Å². The molecule has 0 spiro atoms. The number of piperazine rings is 1. The van der Waals surface area contributed by atoms with Gasteiger partial charge in [0, 0.05) is 45.6 Å². The Morgan fingerprint density at radius 1 is 1.17 bits per heavy atom. The third-order valence-electron chi connectivity index (χ3n) is 4.16. The molecule has 132 valence electrons. The number of carbonyl (C=O) groups is 1. The van der Waals surface area contributed by atoms with Crippen molar-refractivity contribution >= 4 is 22.2 Å². The molecule has 24 heavy (non-hydrogen) atoms. The molecule has 0 N–H and O–H groups in total. The molecule has 0 atom stereocenters. The number of aryl methyl sites for hydroxylation is 2. The lowest BCUT2D eigenvalue weighted by atomic mass is 9.96. The molecule has 0 radical (unpaired) electrons. The van der Waals surface area contributed by atoms with Crippen LogP contribution in [0.1, 0.15) is 38.0 Å². The zero-order valence-electron chi connectivity index (χ0n) is 14.9. The molecule has 0 unspecified atom stereocenters. The van der Waals surface area contributed by atoms with Crippen molar-refractivity contribution in [1.82, 2.24) is 29.6 Å². The summed E-state index contributed by atoms with van der Waals surface area (Å²) in [7, 11) is 0. The average molecular weight is 350 g/mol. The number of hydrogen-bond acceptors (Lipinski definition) is 6. The molecule has 0 aromatic carbocycles. The predicted molar refractivity (Wildman–Crippen MR) is 94.2 cm³/mol. The lowest BCUT2D eigenvalue weighted by molar-refractivity contribution is -0.133. The molecule has 1 aliphatic heterocycles. The van der Waals surface area contributed by atoms with E-state index in [-0.39, 0.29) is 5.91 Å². The summed E-state index contributed by atoms with van der Waals surface area (Å²) in [5.41, 5.74) is 0.307. The minimum Gasteiger partial charge on any atom is -0.340 e. The summed E-state index contributed by atoms with van der Waals surface area (Å²) in [5.74, 6) is 1.02. The largest absolute Gasteiger partial charge is 0.340 e. The fraction of sp³-hybridized carbons (Fsp3) is 0.750. The Morgan fingerprint density at radius 3 is 2.50 bits per heavy atom. The standard InChI is InChI=1S/C16H26N6OS/c1-12-17-18-15-22(12)19-13(24-15)5-6-14(23)21-9-7-20(8-10-21)11-16(2,3)4/h5-11H2,1-4H3. The van der Waals surface area contributed by atoms with Gasteiger partial charge in [-0.25, -0.2) is 0 Å². The number of hydrogen-bond donors (Lipinski definition) is 0. The summed E-state index contributed by atoms with van der Waals surface area (Å²) in [6.45, 7) is 13.3. The van der Waals surface area contributed by atoms with E-state index in [1.54, 1.807) is 4.52 Å². The Bertz CT molecular complexity index is 708. The molecule has 2 aromatic heterocycles. The summed E-state index contributed by atoms with van der Waals surface area (Å²) in [5, 5.41) is 13.5. The van der Waals surface area contributed by atoms with Crippen LogP contribution in [0.2, 0.25) is 0 Å². The van der Waals surface area contributed by atoms with Gasteiger partial charge in [-0.1, -0.05) is 32.1 Å². The number of carbonyl (C=O) groups excluding carboxylic acids is 1. The topological polar surface area (TPSA) is 66.6 Å². The van der Waals surface area contributed by atoms with Gasteiger partial charge in [0.15, 0.2) is 5.82 Å². The molecular weight excluding hydrogens is 324 g/mol. The highest BCUT2D eigenvalue weighted by Gasteiger charge is 2.24. The molecule has 1 aliphatic rings. The van der Waals surface area contributed by atoms with E-state index in [9.17, 15) is 4.79 Å². The van der Waals surface area contributed by atoms with Crippen molar-refractivity contribution in [2.75, 3.05) is 32.7 Å². The quantitative estimate of drug-likeness (QED) is 0.838. The number of aromatic nitrogens is 4. The second-order valence-corrected chi connectivity index (χ2v) is 8.70. The first-order valence-electron chi connectivity index (χ1n) is 8.50. The van der Waals surface area contributed by atoms with Crippen LogP contribution in [0.25, 0.3) is 4.96 Å². The van der Waals surface area contributed by atoms with Crippen LogP contribution in [0.15, 0.2) is 0 Å². The van der Waals surface area contributed by atoms with Gasteiger partial charge in [0.1, 0.15) is 5.01 Å². The molecule has 8 heteroatoms. The zero-order valence-corrected chi connectivity index (χ0v) is 15.8. The molecular formula is C16H26N6OS. The molecule has 1 fully saturated rings. The van der Waals surface area contributed by atoms with Crippen LogP contribution in [0, 0.1) is 12.3 Å². The van der Waals surface area contributed by atoms with E-state index in [0.717, 1.165) is 48.5 Å². The van der Waals surface area contributed by atoms with Gasteiger partial charge in [0.05, 0.1) is 0 Å². The van der Waals surface area contributed by atoms with E-state index in [4.69, 9.17) is 0 Å². The van der Waals surface area contributed by atoms with E-state index >= 15 is 0 Å². The predicted octanol–water partition coefficient (Wildman–Crippen LogP) is 1.62. The number of fused-ring (bicyclic) bond motifs is 1. The Labute approximate surface area is 146 Å². The summed E-state index contributed by atoms with van der Waals surface area (Å²) in [4.78, 5) is 17.7. The lowest BCUT2D eigenvalue weighted by Gasteiger charge is -2.37. The molecule has 3 heterocycles. The molecule has 1 amide bonds. The summed E-state index contributed by atoms with van der Waals surface area (Å²) in [6, 6.07) is 0. The highest BCUT2D eigenvalue weighted by atomic mass is 32.1. The van der Waals surface area contributed by atoms with Crippen molar-refractivity contribution in [3.05, 3.63) is 10.8 Å². The maximum atomic E-state index is 12.4. The summed E-state index contributed by atoms with van der Waals surface area (Å²) >= 11 is 1.51. The Hall–Kier alpha value is -1.54. The van der Waals surface area contributed by atoms with Crippen LogP contribution < -0.4 is 0 Å². The third-order valence-corrected chi connectivity index (χ3v) is 5.12. The first-order valence-corrected chi connectivity index (χ1v) is 9.31. The van der Waals surface area contributed by atoms with Crippen LogP contribution >= 0.6 is 11.3 Å². The minimum atomic E-state index is 0.230. The fourth-order valence-electron chi connectivity index (χ4n) is 3.05. The van der Waals surface area contributed by atoms with Gasteiger partial charge >= 0.3 is 0 Å². The van der Waals surface area contributed by atoms with E-state index in [0.29, 0.717) is 18.3 Å². The van der Waals surface area contributed by atoms with Crippen molar-refractivity contribution in [2.45, 2.75) is 40.5 Å². The first-order chi connectivity index (χ1) is 11.3. The van der Waals surface area contributed by atoms with Gasteiger partial charge in [0.25, 0.3) is 0 Å². The van der Waals surface area contributed by atoms with Gasteiger partial charge < -0.3 is 4.90 Å². The van der Waals surface area contributed by atoms with Gasteiger partial charge in [0.2, 0.25) is 10.9 Å². The minimum absolute atomic E-state index is 0.230. The maximum Gasteiger partial charge on any atom is 0.234 e. The Kier molecular flexibility index (Phi) is 4.87. The molecule has 1 saturated heterocycles. The second kappa shape index (κ2) is 6.76. The van der Waals surface area contributed by atoms with Crippen molar-refractivity contribution in [2.24, 2.45) is 5.41 Å². The van der Waals surface area contributed by atoms with Crippen LogP contribution in [0.3, 0.4) is 0 Å². The van der Waals surface area contributed by atoms with Crippen molar-refractivity contribution in [1.29, 1.82) is 0 Å². The molecule has 0 saturated carbocycles. The lowest BCUT2D eigenvalue weighted by Crippen LogP contribution is -2.50. The Balaban J connectivity index is 1.47. The Morgan fingerprint density at radius 2 is 1.88 bits per heavy atom. The molecule has 0 bridgehead atoms. The number of amides is 1. The van der Waals surface area contributed by atoms with Crippen LogP contribution in [-0.2, 0) is 11.2 Å².